The van der Waals surface area contributed by atoms with Crippen molar-refractivity contribution in [2.75, 3.05) is 6.61 Å². The van der Waals surface area contributed by atoms with Gasteiger partial charge in [-0.1, -0.05) is 152 Å². The second kappa shape index (κ2) is 18.2. The van der Waals surface area contributed by atoms with E-state index in [2.05, 4.69) is 0 Å². The fraction of sp³-hybridized carbons (Fsp3) is 0.262. The third-order valence-electron chi connectivity index (χ3n) is 8.41. The van der Waals surface area contributed by atoms with E-state index in [0.29, 0.717) is 26.4 Å². The maximum atomic E-state index is 13.5. The van der Waals surface area contributed by atoms with Crippen molar-refractivity contribution in [1.82, 2.24) is 0 Å². The number of hydroxylamine groups is 1. The number of ether oxygens (including phenoxy) is 5. The lowest BCUT2D eigenvalue weighted by Crippen LogP contribution is -2.62. The maximum absolute atomic E-state index is 13.5. The summed E-state index contributed by atoms with van der Waals surface area (Å²) in [6.07, 6.45) is -1.57. The Morgan fingerprint density at radius 1 is 0.490 bits per heavy atom. The lowest BCUT2D eigenvalue weighted by atomic mass is 9.94. The Kier molecular flexibility index (Phi) is 12.7. The molecule has 1 aliphatic heterocycles. The second-order valence-electron chi connectivity index (χ2n) is 12.1. The van der Waals surface area contributed by atoms with E-state index >= 15 is 0 Å². The molecule has 49 heavy (non-hydrogen) atoms. The summed E-state index contributed by atoms with van der Waals surface area (Å²) in [5, 5.41) is 13.5. The first-order valence-electron chi connectivity index (χ1n) is 16.8. The average Bonchev–Trinajstić information content (AvgIpc) is 3.15. The first kappa shape index (κ1) is 34.2. The van der Waals surface area contributed by atoms with Crippen LogP contribution >= 0.6 is 0 Å². The lowest BCUT2D eigenvalue weighted by molar-refractivity contribution is -0.474. The Balaban J connectivity index is 1.32. The minimum atomic E-state index is -0.743. The van der Waals surface area contributed by atoms with Crippen molar-refractivity contribution in [2.45, 2.75) is 63.5 Å². The fourth-order valence-electron chi connectivity index (χ4n) is 5.92. The van der Waals surface area contributed by atoms with Gasteiger partial charge >= 0.3 is 0 Å². The standard InChI is InChI=1S/C42H43NO6/c44-43(26-33-16-6-1-7-17-33)27-38-40(46-29-35-20-10-3-11-21-35)42(48-31-37-24-14-5-15-25-37)41(47-30-36-22-12-4-13-23-36)39(49-38)32-45-28-34-18-8-2-9-19-34/h1-25,27,38-42H,26,28-32H2/b43-27-/t38-,39+,40-,41-,42+/m0/s1. The quantitative estimate of drug-likeness (QED) is 0.0474. The molecule has 1 saturated heterocycles. The highest BCUT2D eigenvalue weighted by Crippen LogP contribution is 2.31. The summed E-state index contributed by atoms with van der Waals surface area (Å²) in [6, 6.07) is 49.7. The first-order chi connectivity index (χ1) is 24.2. The smallest absolute Gasteiger partial charge is 0.183 e. The third kappa shape index (κ3) is 10.4. The molecule has 0 amide bonds. The second-order valence-corrected chi connectivity index (χ2v) is 12.1. The molecule has 5 atom stereocenters. The summed E-state index contributed by atoms with van der Waals surface area (Å²) >= 11 is 0. The summed E-state index contributed by atoms with van der Waals surface area (Å²) in [4.78, 5) is 0. The molecule has 0 spiro atoms. The zero-order valence-electron chi connectivity index (χ0n) is 27.5. The molecule has 5 aromatic rings. The van der Waals surface area contributed by atoms with Gasteiger partial charge in [-0.3, -0.25) is 0 Å². The van der Waals surface area contributed by atoms with Crippen LogP contribution in [0.25, 0.3) is 0 Å². The Morgan fingerprint density at radius 3 is 1.35 bits per heavy atom. The predicted octanol–water partition coefficient (Wildman–Crippen LogP) is 7.51. The Hall–Kier alpha value is -4.63. The van der Waals surface area contributed by atoms with Crippen LogP contribution < -0.4 is 0 Å². The van der Waals surface area contributed by atoms with E-state index < -0.39 is 30.5 Å². The fourth-order valence-corrected chi connectivity index (χ4v) is 5.92. The number of nitrogens with zero attached hydrogens (tertiary/aromatic N) is 1. The Morgan fingerprint density at radius 2 is 0.878 bits per heavy atom. The van der Waals surface area contributed by atoms with Gasteiger partial charge < -0.3 is 28.9 Å². The third-order valence-corrected chi connectivity index (χ3v) is 8.41. The molecule has 1 fully saturated rings. The molecule has 0 radical (unpaired) electrons. The van der Waals surface area contributed by atoms with Crippen molar-refractivity contribution in [3.8, 4) is 0 Å². The van der Waals surface area contributed by atoms with Crippen molar-refractivity contribution in [2.24, 2.45) is 0 Å². The van der Waals surface area contributed by atoms with Crippen LogP contribution in [0.15, 0.2) is 152 Å². The van der Waals surface area contributed by atoms with E-state index in [-0.39, 0.29) is 13.2 Å². The highest BCUT2D eigenvalue weighted by molar-refractivity contribution is 5.59. The topological polar surface area (TPSA) is 72.2 Å². The van der Waals surface area contributed by atoms with Crippen molar-refractivity contribution in [1.29, 1.82) is 0 Å². The number of rotatable bonds is 16. The molecule has 7 nitrogen and oxygen atoms in total. The van der Waals surface area contributed by atoms with Crippen LogP contribution in [0, 0.1) is 5.21 Å². The van der Waals surface area contributed by atoms with Crippen LogP contribution in [0.1, 0.15) is 27.8 Å². The Bertz CT molecular complexity index is 1670. The molecule has 0 aliphatic carbocycles. The zero-order valence-corrected chi connectivity index (χ0v) is 27.5. The summed E-state index contributed by atoms with van der Waals surface area (Å²) in [6.45, 7) is 1.79. The predicted molar refractivity (Wildman–Crippen MR) is 190 cm³/mol. The maximum Gasteiger partial charge on any atom is 0.183 e. The van der Waals surface area contributed by atoms with Crippen LogP contribution in [0.5, 0.6) is 0 Å². The van der Waals surface area contributed by atoms with Crippen LogP contribution in [0.3, 0.4) is 0 Å². The highest BCUT2D eigenvalue weighted by Gasteiger charge is 2.49. The SMILES string of the molecule is [O-]/[N+](=C\[C@@H]1O[C@H](COCc2ccccc2)[C@H](OCc2ccccc2)[C@H](OCc2ccccc2)[C@H]1OCc1ccccc1)Cc1ccccc1. The minimum Gasteiger partial charge on any atom is -0.624 e. The van der Waals surface area contributed by atoms with Gasteiger partial charge in [0, 0.05) is 5.56 Å². The van der Waals surface area contributed by atoms with Gasteiger partial charge in [0.2, 0.25) is 0 Å². The summed E-state index contributed by atoms with van der Waals surface area (Å²) in [7, 11) is 0. The van der Waals surface area contributed by atoms with E-state index in [9.17, 15) is 5.21 Å². The number of benzene rings is 5. The number of hydrogen-bond donors (Lipinski definition) is 0. The molecular weight excluding hydrogens is 614 g/mol. The number of hydrogen-bond acceptors (Lipinski definition) is 6. The van der Waals surface area contributed by atoms with Crippen molar-refractivity contribution in [3.05, 3.63) is 185 Å². The molecule has 1 heterocycles. The van der Waals surface area contributed by atoms with Crippen molar-refractivity contribution >= 4 is 6.21 Å². The zero-order chi connectivity index (χ0) is 33.5. The molecule has 252 valence electrons. The van der Waals surface area contributed by atoms with Crippen molar-refractivity contribution in [3.63, 3.8) is 0 Å². The summed E-state index contributed by atoms with van der Waals surface area (Å²) in [5.74, 6) is 0. The molecule has 0 saturated carbocycles. The van der Waals surface area contributed by atoms with Gasteiger partial charge in [-0.2, -0.15) is 0 Å². The van der Waals surface area contributed by atoms with E-state index in [1.165, 1.54) is 0 Å². The summed E-state index contributed by atoms with van der Waals surface area (Å²) in [5.41, 5.74) is 5.00. The van der Waals surface area contributed by atoms with Gasteiger partial charge in [0.15, 0.2) is 18.9 Å². The average molecular weight is 658 g/mol. The van der Waals surface area contributed by atoms with E-state index in [1.54, 1.807) is 6.21 Å². The van der Waals surface area contributed by atoms with Crippen LogP contribution in [0.4, 0.5) is 0 Å². The Labute approximate surface area is 288 Å². The molecule has 0 bridgehead atoms. The first-order valence-corrected chi connectivity index (χ1v) is 16.8. The molecule has 5 aromatic carbocycles. The van der Waals surface area contributed by atoms with Gasteiger partial charge in [0.1, 0.15) is 24.4 Å². The van der Waals surface area contributed by atoms with Gasteiger partial charge in [0.05, 0.1) is 33.0 Å². The van der Waals surface area contributed by atoms with Gasteiger partial charge in [-0.25, -0.2) is 4.74 Å². The van der Waals surface area contributed by atoms with Crippen LogP contribution in [0.2, 0.25) is 0 Å². The monoisotopic (exact) mass is 657 g/mol. The van der Waals surface area contributed by atoms with E-state index in [4.69, 9.17) is 23.7 Å². The molecule has 0 aromatic heterocycles. The van der Waals surface area contributed by atoms with Crippen LogP contribution in [-0.2, 0) is 56.7 Å². The van der Waals surface area contributed by atoms with Crippen LogP contribution in [-0.4, -0.2) is 48.1 Å². The molecule has 6 rings (SSSR count). The summed E-state index contributed by atoms with van der Waals surface area (Å²) < 4.78 is 34.1. The van der Waals surface area contributed by atoms with Gasteiger partial charge in [-0.05, 0) is 22.3 Å². The molecule has 0 N–H and O–H groups in total. The van der Waals surface area contributed by atoms with Gasteiger partial charge in [-0.15, -0.1) is 0 Å². The molecule has 7 heteroatoms. The van der Waals surface area contributed by atoms with Crippen molar-refractivity contribution < 1.29 is 28.4 Å². The largest absolute Gasteiger partial charge is 0.624 e. The highest BCUT2D eigenvalue weighted by atomic mass is 16.6. The van der Waals surface area contributed by atoms with Gasteiger partial charge in [0.25, 0.3) is 0 Å². The lowest BCUT2D eigenvalue weighted by Gasteiger charge is -2.44. The minimum absolute atomic E-state index is 0.171. The van der Waals surface area contributed by atoms with E-state index in [1.807, 2.05) is 152 Å². The molecular formula is C42H43NO6. The van der Waals surface area contributed by atoms with E-state index in [0.717, 1.165) is 32.6 Å². The molecule has 0 unspecified atom stereocenters. The molecule has 1 aliphatic rings. The normalized spacial score (nSPS) is 21.0.